The van der Waals surface area contributed by atoms with Crippen LogP contribution in [0.1, 0.15) is 24.4 Å². The van der Waals surface area contributed by atoms with Gasteiger partial charge in [-0.3, -0.25) is 15.0 Å². The molecule has 0 aromatic heterocycles. The smallest absolute Gasteiger partial charge is 0.311 e. The Morgan fingerprint density at radius 2 is 2.00 bits per heavy atom. The maximum absolute atomic E-state index is 11.2. The summed E-state index contributed by atoms with van der Waals surface area (Å²) in [6.45, 7) is 5.20. The van der Waals surface area contributed by atoms with Gasteiger partial charge in [0.15, 0.2) is 5.75 Å². The second-order valence-corrected chi connectivity index (χ2v) is 6.19. The Bertz CT molecular complexity index is 536. The standard InChI is InChI=1S/C16H23N3O4/c20-15-2-1-13(11-14(15)19(21)22)16(12-3-9-23-10-4-12)18-7-5-17-6-8-18/h1-2,11-12,16-17,20H,3-10H2/t16-/m1/s1. The number of hydrogen-bond acceptors (Lipinski definition) is 6. The van der Waals surface area contributed by atoms with Gasteiger partial charge in [0.2, 0.25) is 0 Å². The Morgan fingerprint density at radius 3 is 2.65 bits per heavy atom. The summed E-state index contributed by atoms with van der Waals surface area (Å²) >= 11 is 0. The van der Waals surface area contributed by atoms with Crippen molar-refractivity contribution in [3.05, 3.63) is 33.9 Å². The highest BCUT2D eigenvalue weighted by Gasteiger charge is 2.32. The van der Waals surface area contributed by atoms with Gasteiger partial charge in [-0.05, 0) is 30.4 Å². The van der Waals surface area contributed by atoms with Gasteiger partial charge in [0.05, 0.1) is 4.92 Å². The van der Waals surface area contributed by atoms with Gasteiger partial charge >= 0.3 is 5.69 Å². The van der Waals surface area contributed by atoms with E-state index in [1.165, 1.54) is 12.1 Å². The van der Waals surface area contributed by atoms with E-state index in [1.807, 2.05) is 6.07 Å². The Hall–Kier alpha value is -1.70. The molecule has 1 aromatic rings. The van der Waals surface area contributed by atoms with Crippen molar-refractivity contribution >= 4 is 5.69 Å². The zero-order valence-corrected chi connectivity index (χ0v) is 13.1. The Morgan fingerprint density at radius 1 is 1.30 bits per heavy atom. The first-order chi connectivity index (χ1) is 11.2. The van der Waals surface area contributed by atoms with Crippen LogP contribution in [0.15, 0.2) is 18.2 Å². The lowest BCUT2D eigenvalue weighted by Gasteiger charge is -2.41. The lowest BCUT2D eigenvalue weighted by molar-refractivity contribution is -0.386. The number of nitrogens with zero attached hydrogens (tertiary/aromatic N) is 2. The number of phenols is 1. The number of nitrogens with one attached hydrogen (secondary N) is 1. The van der Waals surface area contributed by atoms with Crippen LogP contribution in [0.25, 0.3) is 0 Å². The van der Waals surface area contributed by atoms with Crippen LogP contribution >= 0.6 is 0 Å². The van der Waals surface area contributed by atoms with Gasteiger partial charge < -0.3 is 15.2 Å². The van der Waals surface area contributed by atoms with Gasteiger partial charge in [-0.15, -0.1) is 0 Å². The SMILES string of the molecule is O=[N+]([O-])c1cc([C@@H](C2CCOCC2)N2CCNCC2)ccc1O. The Labute approximate surface area is 135 Å². The first-order valence-electron chi connectivity index (χ1n) is 8.16. The molecule has 2 aliphatic heterocycles. The highest BCUT2D eigenvalue weighted by Crippen LogP contribution is 2.38. The van der Waals surface area contributed by atoms with E-state index in [2.05, 4.69) is 10.2 Å². The van der Waals surface area contributed by atoms with Crippen molar-refractivity contribution in [2.75, 3.05) is 39.4 Å². The summed E-state index contributed by atoms with van der Waals surface area (Å²) in [6.07, 6.45) is 1.92. The second kappa shape index (κ2) is 7.25. The van der Waals surface area contributed by atoms with Crippen LogP contribution in [0, 0.1) is 16.0 Å². The molecule has 1 aromatic carbocycles. The number of phenolic OH excluding ortho intramolecular Hbond substituents is 1. The van der Waals surface area contributed by atoms with Crippen molar-refractivity contribution in [2.45, 2.75) is 18.9 Å². The van der Waals surface area contributed by atoms with Crippen molar-refractivity contribution in [1.29, 1.82) is 0 Å². The van der Waals surface area contributed by atoms with Crippen LogP contribution in [-0.4, -0.2) is 54.3 Å². The van der Waals surface area contributed by atoms with Crippen LogP contribution in [0.3, 0.4) is 0 Å². The minimum Gasteiger partial charge on any atom is -0.502 e. The molecule has 0 unspecified atom stereocenters. The third kappa shape index (κ3) is 3.63. The molecule has 0 amide bonds. The Balaban J connectivity index is 1.93. The van der Waals surface area contributed by atoms with E-state index >= 15 is 0 Å². The molecular weight excluding hydrogens is 298 g/mol. The second-order valence-electron chi connectivity index (χ2n) is 6.19. The molecule has 0 bridgehead atoms. The van der Waals surface area contributed by atoms with Crippen molar-refractivity contribution in [2.24, 2.45) is 5.92 Å². The first-order valence-corrected chi connectivity index (χ1v) is 8.16. The largest absolute Gasteiger partial charge is 0.502 e. The van der Waals surface area contributed by atoms with Gasteiger partial charge in [0, 0.05) is 51.5 Å². The third-order valence-corrected chi connectivity index (χ3v) is 4.80. The van der Waals surface area contributed by atoms with Crippen LogP contribution in [0.5, 0.6) is 5.75 Å². The molecule has 2 aliphatic rings. The van der Waals surface area contributed by atoms with Crippen LogP contribution in [0.2, 0.25) is 0 Å². The van der Waals surface area contributed by atoms with Crippen molar-refractivity contribution in [1.82, 2.24) is 10.2 Å². The number of aromatic hydroxyl groups is 1. The van der Waals surface area contributed by atoms with Crippen LogP contribution < -0.4 is 5.32 Å². The van der Waals surface area contributed by atoms with E-state index < -0.39 is 4.92 Å². The average molecular weight is 321 g/mol. The lowest BCUT2D eigenvalue weighted by Crippen LogP contribution is -2.47. The first kappa shape index (κ1) is 16.2. The molecule has 7 heteroatoms. The molecule has 126 valence electrons. The number of piperazine rings is 1. The Kier molecular flexibility index (Phi) is 5.09. The normalized spacial score (nSPS) is 21.9. The van der Waals surface area contributed by atoms with Gasteiger partial charge in [0.1, 0.15) is 0 Å². The summed E-state index contributed by atoms with van der Waals surface area (Å²) in [5.41, 5.74) is 0.706. The van der Waals surface area contributed by atoms with Gasteiger partial charge in [-0.2, -0.15) is 0 Å². The third-order valence-electron chi connectivity index (χ3n) is 4.80. The molecule has 1 atom stereocenters. The zero-order chi connectivity index (χ0) is 16.2. The molecule has 0 saturated carbocycles. The molecule has 2 fully saturated rings. The molecule has 0 spiro atoms. The van der Waals surface area contributed by atoms with E-state index in [-0.39, 0.29) is 17.5 Å². The van der Waals surface area contributed by atoms with E-state index in [0.29, 0.717) is 5.92 Å². The molecule has 2 N–H and O–H groups in total. The molecular formula is C16H23N3O4. The molecule has 23 heavy (non-hydrogen) atoms. The molecule has 0 aliphatic carbocycles. The van der Waals surface area contributed by atoms with Crippen LogP contribution in [0.4, 0.5) is 5.69 Å². The summed E-state index contributed by atoms with van der Waals surface area (Å²) < 4.78 is 5.48. The number of nitro benzene ring substituents is 1. The monoisotopic (exact) mass is 321 g/mol. The lowest BCUT2D eigenvalue weighted by atomic mass is 9.85. The highest BCUT2D eigenvalue weighted by atomic mass is 16.6. The predicted octanol–water partition coefficient (Wildman–Crippen LogP) is 1.67. The van der Waals surface area contributed by atoms with Crippen molar-refractivity contribution in [3.8, 4) is 5.75 Å². The predicted molar refractivity (Wildman–Crippen MR) is 85.5 cm³/mol. The van der Waals surface area contributed by atoms with Crippen LogP contribution in [-0.2, 0) is 4.74 Å². The molecule has 0 radical (unpaired) electrons. The van der Waals surface area contributed by atoms with Gasteiger partial charge in [-0.1, -0.05) is 6.07 Å². The maximum atomic E-state index is 11.2. The van der Waals surface area contributed by atoms with E-state index in [0.717, 1.165) is 57.8 Å². The quantitative estimate of drug-likeness (QED) is 0.648. The minimum absolute atomic E-state index is 0.139. The zero-order valence-electron chi connectivity index (χ0n) is 13.1. The maximum Gasteiger partial charge on any atom is 0.311 e. The van der Waals surface area contributed by atoms with Gasteiger partial charge in [0.25, 0.3) is 0 Å². The van der Waals surface area contributed by atoms with Crippen molar-refractivity contribution in [3.63, 3.8) is 0 Å². The average Bonchev–Trinajstić information content (AvgIpc) is 2.58. The molecule has 3 rings (SSSR count). The number of ether oxygens (including phenoxy) is 1. The molecule has 2 heterocycles. The number of nitro groups is 1. The number of benzene rings is 1. The summed E-state index contributed by atoms with van der Waals surface area (Å²) in [5, 5.41) is 24.2. The van der Waals surface area contributed by atoms with E-state index in [4.69, 9.17) is 4.74 Å². The summed E-state index contributed by atoms with van der Waals surface area (Å²) in [5.74, 6) is 0.149. The fraction of sp³-hybridized carbons (Fsp3) is 0.625. The van der Waals surface area contributed by atoms with Crippen molar-refractivity contribution < 1.29 is 14.8 Å². The highest BCUT2D eigenvalue weighted by molar-refractivity contribution is 5.48. The minimum atomic E-state index is -0.516. The number of rotatable bonds is 4. The number of hydrogen-bond donors (Lipinski definition) is 2. The van der Waals surface area contributed by atoms with E-state index in [1.54, 1.807) is 0 Å². The summed E-state index contributed by atoms with van der Waals surface area (Å²) in [4.78, 5) is 13.0. The van der Waals surface area contributed by atoms with Gasteiger partial charge in [-0.25, -0.2) is 0 Å². The summed E-state index contributed by atoms with van der Waals surface area (Å²) in [7, 11) is 0. The fourth-order valence-corrected chi connectivity index (χ4v) is 3.64. The summed E-state index contributed by atoms with van der Waals surface area (Å²) in [6, 6.07) is 4.95. The molecule has 7 nitrogen and oxygen atoms in total. The van der Waals surface area contributed by atoms with E-state index in [9.17, 15) is 15.2 Å². The fourth-order valence-electron chi connectivity index (χ4n) is 3.64. The molecule has 2 saturated heterocycles. The topological polar surface area (TPSA) is 87.9 Å².